The van der Waals surface area contributed by atoms with Gasteiger partial charge in [-0.2, -0.15) is 0 Å². The molecule has 27 heavy (non-hydrogen) atoms. The van der Waals surface area contributed by atoms with E-state index in [1.165, 1.54) is 0 Å². The molecule has 1 aromatic heterocycles. The standard InChI is InChI=1S/C20H14BrClN2O2S/c21-12-7-8-16-14(10-12)19(17-6-3-9-27-17)24(11-18(25)23-16)20(26)13-4-1-2-5-15(13)22/h1-10,19H,11H2,(H,23,25). The van der Waals surface area contributed by atoms with Gasteiger partial charge in [-0.25, -0.2) is 0 Å². The maximum Gasteiger partial charge on any atom is 0.256 e. The Balaban J connectivity index is 1.89. The molecule has 0 fully saturated rings. The molecule has 4 rings (SSSR count). The number of rotatable bonds is 2. The van der Waals surface area contributed by atoms with E-state index in [2.05, 4.69) is 21.2 Å². The highest BCUT2D eigenvalue weighted by atomic mass is 79.9. The van der Waals surface area contributed by atoms with E-state index in [-0.39, 0.29) is 24.4 Å². The van der Waals surface area contributed by atoms with Gasteiger partial charge in [0.2, 0.25) is 5.91 Å². The second-order valence-corrected chi connectivity index (χ2v) is 8.41. The summed E-state index contributed by atoms with van der Waals surface area (Å²) in [4.78, 5) is 28.5. The van der Waals surface area contributed by atoms with E-state index >= 15 is 0 Å². The molecule has 0 spiro atoms. The van der Waals surface area contributed by atoms with Crippen LogP contribution in [0.2, 0.25) is 5.02 Å². The van der Waals surface area contributed by atoms with Crippen molar-refractivity contribution in [2.45, 2.75) is 6.04 Å². The van der Waals surface area contributed by atoms with E-state index in [4.69, 9.17) is 11.6 Å². The average molecular weight is 462 g/mol. The summed E-state index contributed by atoms with van der Waals surface area (Å²) in [5.74, 6) is -0.514. The fourth-order valence-electron chi connectivity index (χ4n) is 3.21. The van der Waals surface area contributed by atoms with Gasteiger partial charge in [-0.15, -0.1) is 11.3 Å². The fourth-order valence-corrected chi connectivity index (χ4v) is 4.66. The Morgan fingerprint density at radius 1 is 1.19 bits per heavy atom. The smallest absolute Gasteiger partial charge is 0.256 e. The predicted octanol–water partition coefficient (Wildman–Crippen LogP) is 5.35. The lowest BCUT2D eigenvalue weighted by atomic mass is 10.0. The number of hydrogen-bond acceptors (Lipinski definition) is 3. The Kier molecular flexibility index (Phi) is 5.04. The predicted molar refractivity (Wildman–Crippen MR) is 111 cm³/mol. The van der Waals surface area contributed by atoms with Crippen molar-refractivity contribution in [2.24, 2.45) is 0 Å². The summed E-state index contributed by atoms with van der Waals surface area (Å²) in [7, 11) is 0. The molecule has 1 unspecified atom stereocenters. The molecular weight excluding hydrogens is 448 g/mol. The molecule has 1 aliphatic rings. The van der Waals surface area contributed by atoms with Gasteiger partial charge in [-0.1, -0.05) is 45.7 Å². The summed E-state index contributed by atoms with van der Waals surface area (Å²) in [6.07, 6.45) is 0. The molecular formula is C20H14BrClN2O2S. The molecule has 2 heterocycles. The number of carbonyl (C=O) groups is 2. The quantitative estimate of drug-likeness (QED) is 0.559. The highest BCUT2D eigenvalue weighted by molar-refractivity contribution is 9.10. The number of benzene rings is 2. The van der Waals surface area contributed by atoms with Gasteiger partial charge in [-0.3, -0.25) is 9.59 Å². The summed E-state index contributed by atoms with van der Waals surface area (Å²) in [6.45, 7) is -0.0566. The Morgan fingerprint density at radius 3 is 2.74 bits per heavy atom. The number of anilines is 1. The van der Waals surface area contributed by atoms with Crippen LogP contribution in [0.3, 0.4) is 0 Å². The molecule has 0 saturated carbocycles. The van der Waals surface area contributed by atoms with E-state index in [0.717, 1.165) is 14.9 Å². The SMILES string of the molecule is O=C1CN(C(=O)c2ccccc2Cl)C(c2cccs2)c2cc(Br)ccc2N1. The van der Waals surface area contributed by atoms with Gasteiger partial charge in [0.1, 0.15) is 6.54 Å². The third kappa shape index (κ3) is 3.52. The van der Waals surface area contributed by atoms with Crippen molar-refractivity contribution < 1.29 is 9.59 Å². The van der Waals surface area contributed by atoms with Crippen molar-refractivity contribution in [1.29, 1.82) is 0 Å². The molecule has 2 amide bonds. The van der Waals surface area contributed by atoms with Crippen LogP contribution >= 0.6 is 38.9 Å². The summed E-state index contributed by atoms with van der Waals surface area (Å²) in [5.41, 5.74) is 1.95. The van der Waals surface area contributed by atoms with Crippen molar-refractivity contribution in [3.8, 4) is 0 Å². The second-order valence-electron chi connectivity index (χ2n) is 6.11. The van der Waals surface area contributed by atoms with Crippen LogP contribution in [0.15, 0.2) is 64.5 Å². The third-order valence-corrected chi connectivity index (χ3v) is 6.13. The number of hydrogen-bond donors (Lipinski definition) is 1. The first kappa shape index (κ1) is 18.2. The second kappa shape index (κ2) is 7.46. The van der Waals surface area contributed by atoms with Crippen molar-refractivity contribution >= 4 is 56.4 Å². The molecule has 3 aromatic rings. The van der Waals surface area contributed by atoms with E-state index in [1.54, 1.807) is 40.5 Å². The fraction of sp³-hybridized carbons (Fsp3) is 0.100. The van der Waals surface area contributed by atoms with Crippen LogP contribution < -0.4 is 5.32 Å². The first-order chi connectivity index (χ1) is 13.0. The van der Waals surface area contributed by atoms with Gasteiger partial charge in [0, 0.05) is 20.6 Å². The number of nitrogens with zero attached hydrogens (tertiary/aromatic N) is 1. The zero-order valence-corrected chi connectivity index (χ0v) is 17.1. The Bertz CT molecular complexity index is 1020. The van der Waals surface area contributed by atoms with Crippen molar-refractivity contribution in [3.05, 3.63) is 85.5 Å². The largest absolute Gasteiger partial charge is 0.324 e. The van der Waals surface area contributed by atoms with Gasteiger partial charge in [0.15, 0.2) is 0 Å². The summed E-state index contributed by atoms with van der Waals surface area (Å²) < 4.78 is 0.879. The van der Waals surface area contributed by atoms with Gasteiger partial charge in [0.05, 0.1) is 16.6 Å². The van der Waals surface area contributed by atoms with E-state index < -0.39 is 0 Å². The molecule has 1 aliphatic heterocycles. The van der Waals surface area contributed by atoms with E-state index in [0.29, 0.717) is 16.3 Å². The Hall–Kier alpha value is -2.15. The average Bonchev–Trinajstić information content (AvgIpc) is 3.13. The maximum atomic E-state index is 13.4. The van der Waals surface area contributed by atoms with Crippen LogP contribution in [0, 0.1) is 0 Å². The number of halogens is 2. The third-order valence-electron chi connectivity index (χ3n) is 4.39. The maximum absolute atomic E-state index is 13.4. The van der Waals surface area contributed by atoms with Crippen LogP contribution in [-0.2, 0) is 4.79 Å². The zero-order valence-electron chi connectivity index (χ0n) is 14.0. The summed E-state index contributed by atoms with van der Waals surface area (Å²) in [6, 6.07) is 16.1. The Labute approximate surface area is 173 Å². The van der Waals surface area contributed by atoms with Crippen molar-refractivity contribution in [3.63, 3.8) is 0 Å². The topological polar surface area (TPSA) is 49.4 Å². The number of thiophene rings is 1. The van der Waals surface area contributed by atoms with E-state index in [9.17, 15) is 9.59 Å². The van der Waals surface area contributed by atoms with Crippen LogP contribution in [0.5, 0.6) is 0 Å². The van der Waals surface area contributed by atoms with Crippen LogP contribution in [-0.4, -0.2) is 23.3 Å². The van der Waals surface area contributed by atoms with Gasteiger partial charge in [0.25, 0.3) is 5.91 Å². The lowest BCUT2D eigenvalue weighted by molar-refractivity contribution is -0.117. The molecule has 0 saturated heterocycles. The lowest BCUT2D eigenvalue weighted by Gasteiger charge is -2.30. The number of fused-ring (bicyclic) bond motifs is 1. The zero-order chi connectivity index (χ0) is 19.0. The van der Waals surface area contributed by atoms with Gasteiger partial charge < -0.3 is 10.2 Å². The van der Waals surface area contributed by atoms with Gasteiger partial charge >= 0.3 is 0 Å². The lowest BCUT2D eigenvalue weighted by Crippen LogP contribution is -2.38. The Morgan fingerprint density at radius 2 is 2.00 bits per heavy atom. The summed E-state index contributed by atoms with van der Waals surface area (Å²) >= 11 is 11.3. The highest BCUT2D eigenvalue weighted by Gasteiger charge is 2.35. The number of nitrogens with one attached hydrogen (secondary N) is 1. The normalized spacial score (nSPS) is 16.4. The van der Waals surface area contributed by atoms with Crippen LogP contribution in [0.25, 0.3) is 0 Å². The van der Waals surface area contributed by atoms with Crippen LogP contribution in [0.4, 0.5) is 5.69 Å². The molecule has 1 atom stereocenters. The molecule has 136 valence electrons. The van der Waals surface area contributed by atoms with E-state index in [1.807, 2.05) is 35.7 Å². The molecule has 7 heteroatoms. The minimum Gasteiger partial charge on any atom is -0.324 e. The monoisotopic (exact) mass is 460 g/mol. The van der Waals surface area contributed by atoms with Crippen molar-refractivity contribution in [2.75, 3.05) is 11.9 Å². The minimum absolute atomic E-state index is 0.0566. The summed E-state index contributed by atoms with van der Waals surface area (Å²) in [5, 5.41) is 5.24. The minimum atomic E-state index is -0.389. The molecule has 0 bridgehead atoms. The number of carbonyl (C=O) groups excluding carboxylic acids is 2. The van der Waals surface area contributed by atoms with Crippen molar-refractivity contribution in [1.82, 2.24) is 4.90 Å². The molecule has 4 nitrogen and oxygen atoms in total. The van der Waals surface area contributed by atoms with Crippen LogP contribution in [0.1, 0.15) is 26.8 Å². The van der Waals surface area contributed by atoms with Gasteiger partial charge in [-0.05, 0) is 41.8 Å². The molecule has 0 aliphatic carbocycles. The molecule has 0 radical (unpaired) electrons. The first-order valence-electron chi connectivity index (χ1n) is 8.23. The first-order valence-corrected chi connectivity index (χ1v) is 10.3. The number of amides is 2. The molecule has 1 N–H and O–H groups in total. The molecule has 2 aromatic carbocycles. The highest BCUT2D eigenvalue weighted by Crippen LogP contribution is 2.40.